The van der Waals surface area contributed by atoms with E-state index in [9.17, 15) is 4.79 Å². The fraction of sp³-hybridized carbons (Fsp3) is 0.421. The molecule has 2 aromatic heterocycles. The molecule has 0 aliphatic heterocycles. The van der Waals surface area contributed by atoms with Crippen LogP contribution in [0, 0.1) is 6.92 Å². The van der Waals surface area contributed by atoms with Crippen molar-refractivity contribution in [3.63, 3.8) is 0 Å². The second-order valence-corrected chi connectivity index (χ2v) is 9.15. The van der Waals surface area contributed by atoms with Crippen molar-refractivity contribution in [1.82, 2.24) is 25.0 Å². The monoisotopic (exact) mass is 414 g/mol. The van der Waals surface area contributed by atoms with E-state index in [0.29, 0.717) is 11.0 Å². The van der Waals surface area contributed by atoms with Crippen LogP contribution in [-0.4, -0.2) is 36.6 Å². The molecule has 1 aromatic carbocycles. The van der Waals surface area contributed by atoms with Crippen LogP contribution < -0.4 is 5.32 Å². The Morgan fingerprint density at radius 1 is 1.29 bits per heavy atom. The van der Waals surface area contributed by atoms with Crippen molar-refractivity contribution in [3.8, 4) is 11.4 Å². The lowest BCUT2D eigenvalue weighted by Gasteiger charge is -2.13. The van der Waals surface area contributed by atoms with Gasteiger partial charge in [-0.3, -0.25) is 14.7 Å². The van der Waals surface area contributed by atoms with Crippen LogP contribution in [0.25, 0.3) is 11.4 Å². The van der Waals surface area contributed by atoms with Gasteiger partial charge < -0.3 is 0 Å². The first-order valence-electron chi connectivity index (χ1n) is 9.29. The van der Waals surface area contributed by atoms with Gasteiger partial charge in [-0.05, 0) is 39.7 Å². The minimum Gasteiger partial charge on any atom is -0.300 e. The Kier molecular flexibility index (Phi) is 5.45. The Labute approximate surface area is 172 Å². The Morgan fingerprint density at radius 2 is 2.11 bits per heavy atom. The number of thioether (sulfide) groups is 1. The number of amides is 1. The zero-order valence-corrected chi connectivity index (χ0v) is 17.7. The van der Waals surface area contributed by atoms with Crippen LogP contribution in [0.15, 0.2) is 29.4 Å². The van der Waals surface area contributed by atoms with E-state index in [4.69, 9.17) is 0 Å². The van der Waals surface area contributed by atoms with Gasteiger partial charge in [0.1, 0.15) is 5.01 Å². The smallest absolute Gasteiger partial charge is 0.236 e. The third-order valence-electron chi connectivity index (χ3n) is 4.40. The van der Waals surface area contributed by atoms with Gasteiger partial charge in [0.25, 0.3) is 0 Å². The molecule has 1 aliphatic rings. The molecule has 1 N–H and O–H groups in total. The number of carbonyl (C=O) groups excluding carboxylic acids is 1. The average molecular weight is 415 g/mol. The predicted octanol–water partition coefficient (Wildman–Crippen LogP) is 4.29. The standard InChI is InChI=1S/C19H22N6OS2/c1-11(2)25-16(14-6-4-5-12(3)9-14)21-24-19(25)27-10-15(26)20-18-23-22-17(28-18)13-7-8-13/h4-6,9,11,13H,7-8,10H2,1-3H3,(H,20,23,26). The number of aryl methyl sites for hydroxylation is 1. The molecule has 9 heteroatoms. The summed E-state index contributed by atoms with van der Waals surface area (Å²) in [6.07, 6.45) is 2.35. The summed E-state index contributed by atoms with van der Waals surface area (Å²) in [5.41, 5.74) is 2.20. The first kappa shape index (κ1) is 19.1. The summed E-state index contributed by atoms with van der Waals surface area (Å²) in [5, 5.41) is 22.1. The number of nitrogens with zero attached hydrogens (tertiary/aromatic N) is 5. The Bertz CT molecular complexity index is 992. The molecule has 2 heterocycles. The molecule has 0 radical (unpaired) electrons. The van der Waals surface area contributed by atoms with E-state index in [0.717, 1.165) is 21.6 Å². The average Bonchev–Trinajstić information content (AvgIpc) is 3.25. The summed E-state index contributed by atoms with van der Waals surface area (Å²) >= 11 is 2.85. The first-order chi connectivity index (χ1) is 13.5. The van der Waals surface area contributed by atoms with E-state index in [1.807, 2.05) is 12.1 Å². The van der Waals surface area contributed by atoms with Crippen molar-refractivity contribution in [2.24, 2.45) is 0 Å². The quantitative estimate of drug-likeness (QED) is 0.580. The van der Waals surface area contributed by atoms with Crippen molar-refractivity contribution in [2.45, 2.75) is 50.7 Å². The fourth-order valence-electron chi connectivity index (χ4n) is 2.89. The van der Waals surface area contributed by atoms with Crippen LogP contribution in [0.2, 0.25) is 0 Å². The lowest BCUT2D eigenvalue weighted by atomic mass is 10.1. The molecular formula is C19H22N6OS2. The van der Waals surface area contributed by atoms with Gasteiger partial charge in [-0.25, -0.2) is 0 Å². The predicted molar refractivity (Wildman–Crippen MR) is 112 cm³/mol. The molecule has 1 aliphatic carbocycles. The SMILES string of the molecule is Cc1cccc(-c2nnc(SCC(=O)Nc3nnc(C4CC4)s3)n2C(C)C)c1. The molecule has 1 saturated carbocycles. The number of anilines is 1. The Balaban J connectivity index is 1.44. The number of nitrogens with one attached hydrogen (secondary N) is 1. The highest BCUT2D eigenvalue weighted by Gasteiger charge is 2.27. The highest BCUT2D eigenvalue weighted by atomic mass is 32.2. The van der Waals surface area contributed by atoms with Gasteiger partial charge in [-0.1, -0.05) is 46.9 Å². The van der Waals surface area contributed by atoms with Gasteiger partial charge in [0, 0.05) is 17.5 Å². The van der Waals surface area contributed by atoms with Gasteiger partial charge >= 0.3 is 0 Å². The van der Waals surface area contributed by atoms with E-state index in [2.05, 4.69) is 63.2 Å². The zero-order valence-electron chi connectivity index (χ0n) is 16.0. The van der Waals surface area contributed by atoms with Crippen molar-refractivity contribution in [1.29, 1.82) is 0 Å². The normalized spacial score (nSPS) is 13.9. The summed E-state index contributed by atoms with van der Waals surface area (Å²) < 4.78 is 2.07. The molecule has 1 fully saturated rings. The lowest BCUT2D eigenvalue weighted by Crippen LogP contribution is -2.15. The van der Waals surface area contributed by atoms with Crippen LogP contribution in [0.1, 0.15) is 49.2 Å². The molecule has 0 atom stereocenters. The summed E-state index contributed by atoms with van der Waals surface area (Å²) in [7, 11) is 0. The van der Waals surface area contributed by atoms with Crippen molar-refractivity contribution < 1.29 is 4.79 Å². The Hall–Kier alpha value is -2.26. The molecule has 146 valence electrons. The van der Waals surface area contributed by atoms with Crippen LogP contribution in [0.5, 0.6) is 0 Å². The van der Waals surface area contributed by atoms with Crippen LogP contribution in [0.3, 0.4) is 0 Å². The maximum atomic E-state index is 12.3. The number of rotatable bonds is 7. The molecule has 4 rings (SSSR count). The van der Waals surface area contributed by atoms with E-state index in [-0.39, 0.29) is 17.7 Å². The summed E-state index contributed by atoms with van der Waals surface area (Å²) in [5.74, 6) is 1.50. The second kappa shape index (κ2) is 8.00. The van der Waals surface area contributed by atoms with E-state index < -0.39 is 0 Å². The molecule has 0 unspecified atom stereocenters. The number of hydrogen-bond acceptors (Lipinski definition) is 7. The molecule has 3 aromatic rings. The minimum absolute atomic E-state index is 0.112. The third-order valence-corrected chi connectivity index (χ3v) is 6.35. The van der Waals surface area contributed by atoms with Gasteiger partial charge in [-0.15, -0.1) is 20.4 Å². The summed E-state index contributed by atoms with van der Waals surface area (Å²) in [6, 6.07) is 8.38. The zero-order chi connectivity index (χ0) is 19.7. The number of benzene rings is 1. The van der Waals surface area contributed by atoms with Crippen molar-refractivity contribution in [3.05, 3.63) is 34.8 Å². The highest BCUT2D eigenvalue weighted by molar-refractivity contribution is 7.99. The minimum atomic E-state index is -0.112. The Morgan fingerprint density at radius 3 is 2.82 bits per heavy atom. The lowest BCUT2D eigenvalue weighted by molar-refractivity contribution is -0.113. The molecule has 7 nitrogen and oxygen atoms in total. The molecule has 0 saturated heterocycles. The molecule has 0 spiro atoms. The van der Waals surface area contributed by atoms with Crippen LogP contribution >= 0.6 is 23.1 Å². The molecule has 0 bridgehead atoms. The van der Waals surface area contributed by atoms with Gasteiger partial charge in [-0.2, -0.15) is 0 Å². The fourth-order valence-corrected chi connectivity index (χ4v) is 4.68. The summed E-state index contributed by atoms with van der Waals surface area (Å²) in [6.45, 7) is 6.24. The maximum absolute atomic E-state index is 12.3. The van der Waals surface area contributed by atoms with Crippen molar-refractivity contribution in [2.75, 3.05) is 11.1 Å². The van der Waals surface area contributed by atoms with Gasteiger partial charge in [0.05, 0.1) is 5.75 Å². The summed E-state index contributed by atoms with van der Waals surface area (Å²) in [4.78, 5) is 12.3. The maximum Gasteiger partial charge on any atom is 0.236 e. The van der Waals surface area contributed by atoms with E-state index in [1.165, 1.54) is 41.5 Å². The highest BCUT2D eigenvalue weighted by Crippen LogP contribution is 2.42. The third kappa shape index (κ3) is 4.25. The second-order valence-electron chi connectivity index (χ2n) is 7.20. The van der Waals surface area contributed by atoms with Crippen LogP contribution in [0.4, 0.5) is 5.13 Å². The van der Waals surface area contributed by atoms with E-state index >= 15 is 0 Å². The van der Waals surface area contributed by atoms with Crippen LogP contribution in [-0.2, 0) is 4.79 Å². The van der Waals surface area contributed by atoms with Gasteiger partial charge in [0.2, 0.25) is 11.0 Å². The molecule has 28 heavy (non-hydrogen) atoms. The molecule has 1 amide bonds. The topological polar surface area (TPSA) is 85.6 Å². The van der Waals surface area contributed by atoms with Crippen molar-refractivity contribution >= 4 is 34.1 Å². The van der Waals surface area contributed by atoms with E-state index in [1.54, 1.807) is 0 Å². The largest absolute Gasteiger partial charge is 0.300 e. The number of hydrogen-bond donors (Lipinski definition) is 1. The number of aromatic nitrogens is 5. The van der Waals surface area contributed by atoms with Gasteiger partial charge in [0.15, 0.2) is 11.0 Å². The number of carbonyl (C=O) groups is 1. The first-order valence-corrected chi connectivity index (χ1v) is 11.1. The molecular weight excluding hydrogens is 392 g/mol.